The molecule has 0 aromatic heterocycles. The van der Waals surface area contributed by atoms with Gasteiger partial charge in [0.1, 0.15) is 46.8 Å². The number of allylic oxidation sites excluding steroid dienone is 3. The maximum atomic E-state index is 14.4. The number of methoxy groups -OCH3 is 2. The van der Waals surface area contributed by atoms with Gasteiger partial charge in [-0.05, 0) is 100 Å². The van der Waals surface area contributed by atoms with Gasteiger partial charge in [0.2, 0.25) is 23.6 Å². The lowest BCUT2D eigenvalue weighted by Crippen LogP contribution is -2.63. The van der Waals surface area contributed by atoms with Crippen LogP contribution in [0.2, 0.25) is 5.02 Å². The van der Waals surface area contributed by atoms with Crippen LogP contribution in [0.15, 0.2) is 54.1 Å². The highest BCUT2D eigenvalue weighted by molar-refractivity contribution is 6.35. The van der Waals surface area contributed by atoms with E-state index in [9.17, 15) is 53.1 Å². The number of aryl methyl sites for hydroxylation is 1. The number of alkyl carbamates (subject to hydrolysis) is 1. The van der Waals surface area contributed by atoms with E-state index in [-0.39, 0.29) is 80.7 Å². The number of carbonyl (C=O) groups is 10. The molecule has 4 aliphatic heterocycles. The maximum Gasteiger partial charge on any atom is 0.412 e. The van der Waals surface area contributed by atoms with Gasteiger partial charge >= 0.3 is 24.2 Å². The Labute approximate surface area is 491 Å². The summed E-state index contributed by atoms with van der Waals surface area (Å²) in [6.45, 7) is 10.4. The molecule has 10 amide bonds. The number of carbonyl (C=O) groups excluding carboxylic acids is 10. The molecular weight excluding hydrogens is 1120 g/mol. The molecule has 0 saturated carbocycles. The summed E-state index contributed by atoms with van der Waals surface area (Å²) in [7, 11) is 4.38. The Kier molecular flexibility index (Phi) is 22.3. The first-order chi connectivity index (χ1) is 39.7. The standard InChI is InChI=1S/C57H76ClN9O17/c1-30(2)49(64-43(68)17-10-11-18-47(72)84-67-44(69)21-22-45(67)70)52(74)63-37(15-13-23-60-53(59)75)51(73)62-36-20-19-35(25-32(36)4)61-54(76)82-42-28-46(71)66(7)38-26-34(27-39(79-8)48(38)58)24-31(3)14-12-16-41(80-9)57(78)29-40(81-55(77)65-57)33(5)50-56(42,6)83-50/h12,14,16,19-20,25-27,30,33,37,40-42,49-50,78H,10-11,13,15,17-18,21-24,28-29H2,1-9H3,(H,61,76)(H,62,73)(H,63,74)(H,64,68)(H,65,77)(H3,59,60,75)/b16-12+,31-14+/t33-,37+,40+,41-,42+,49+,50+,56+,57+/m1/s1. The van der Waals surface area contributed by atoms with Crippen LogP contribution in [0.1, 0.15) is 110 Å². The van der Waals surface area contributed by atoms with Crippen molar-refractivity contribution in [3.63, 3.8) is 0 Å². The quantitative estimate of drug-likeness (QED) is 0.0498. The number of anilines is 3. The van der Waals surface area contributed by atoms with Crippen LogP contribution in [-0.2, 0) is 63.8 Å². The Morgan fingerprint density at radius 1 is 0.940 bits per heavy atom. The van der Waals surface area contributed by atoms with E-state index in [1.165, 1.54) is 38.3 Å². The van der Waals surface area contributed by atoms with Gasteiger partial charge < -0.3 is 65.5 Å². The van der Waals surface area contributed by atoms with Crippen molar-refractivity contribution in [2.24, 2.45) is 17.6 Å². The van der Waals surface area contributed by atoms with E-state index in [1.807, 2.05) is 13.0 Å². The highest BCUT2D eigenvalue weighted by Crippen LogP contribution is 2.49. The SMILES string of the molecule is COc1cc2cc(c1Cl)N(C)C(=O)C[C@H](OC(=O)Nc1ccc(NC(=O)[C@H](CCCNC(N)=O)NC(=O)[C@@H](NC(=O)CCCCC(=O)ON3C(=O)CCC3=O)C(C)C)c(C)c1)[C@]1(C)O[C@H]1[C@H](C)[C@@H]1C[C@@](O)(NC(=O)O1)[C@H](OC)/C=C/C=C(\C)C2. The third-order valence-electron chi connectivity index (χ3n) is 15.0. The Morgan fingerprint density at radius 3 is 2.30 bits per heavy atom. The Bertz CT molecular complexity index is 2900. The number of unbranched alkanes of at least 4 members (excludes halogenated alkanes) is 1. The fraction of sp³-hybridized carbons (Fsp3) is 0.544. The van der Waals surface area contributed by atoms with Crippen molar-refractivity contribution in [3.8, 4) is 5.75 Å². The number of halogens is 1. The summed E-state index contributed by atoms with van der Waals surface area (Å²) in [6, 6.07) is 4.96. The minimum atomic E-state index is -1.91. The molecule has 0 radical (unpaired) electrons. The van der Waals surface area contributed by atoms with Crippen molar-refractivity contribution in [2.75, 3.05) is 43.3 Å². The van der Waals surface area contributed by atoms with Gasteiger partial charge in [-0.25, -0.2) is 19.2 Å². The van der Waals surface area contributed by atoms with Crippen LogP contribution in [-0.4, -0.2) is 145 Å². The molecule has 3 fully saturated rings. The number of primary amides is 1. The van der Waals surface area contributed by atoms with Gasteiger partial charge in [0.15, 0.2) is 5.72 Å². The van der Waals surface area contributed by atoms with Crippen LogP contribution < -0.4 is 47.3 Å². The molecule has 4 heterocycles. The lowest BCUT2D eigenvalue weighted by atomic mass is 9.83. The summed E-state index contributed by atoms with van der Waals surface area (Å²) in [5, 5.41) is 28.4. The summed E-state index contributed by atoms with van der Waals surface area (Å²) < 4.78 is 29.4. The number of nitrogens with zero attached hydrogens (tertiary/aromatic N) is 2. The number of ether oxygens (including phenoxy) is 5. The predicted molar refractivity (Wildman–Crippen MR) is 304 cm³/mol. The minimum Gasteiger partial charge on any atom is -0.495 e. The number of rotatable bonds is 20. The molecule has 6 rings (SSSR count). The molecule has 4 aliphatic rings. The molecule has 0 spiro atoms. The van der Waals surface area contributed by atoms with E-state index in [0.29, 0.717) is 28.5 Å². The normalized spacial score (nSPS) is 25.1. The van der Waals surface area contributed by atoms with E-state index >= 15 is 0 Å². The zero-order valence-electron chi connectivity index (χ0n) is 48.6. The van der Waals surface area contributed by atoms with Crippen molar-refractivity contribution in [1.82, 2.24) is 26.3 Å². The molecule has 4 bridgehead atoms. The minimum absolute atomic E-state index is 0.0234. The van der Waals surface area contributed by atoms with Crippen LogP contribution in [0.5, 0.6) is 5.75 Å². The fourth-order valence-electron chi connectivity index (χ4n) is 10.2. The topological polar surface area (TPSA) is 354 Å². The molecule has 0 aliphatic carbocycles. The molecule has 3 saturated heterocycles. The van der Waals surface area contributed by atoms with E-state index < -0.39 is 126 Å². The van der Waals surface area contributed by atoms with Crippen molar-refractivity contribution >= 4 is 88.3 Å². The van der Waals surface area contributed by atoms with Crippen LogP contribution >= 0.6 is 11.6 Å². The molecule has 2 aromatic carbocycles. The maximum absolute atomic E-state index is 14.4. The van der Waals surface area contributed by atoms with Gasteiger partial charge in [0.25, 0.3) is 11.8 Å². The average Bonchev–Trinajstić information content (AvgIpc) is 1.85. The van der Waals surface area contributed by atoms with Crippen molar-refractivity contribution in [2.45, 2.75) is 160 Å². The third kappa shape index (κ3) is 16.9. The number of amides is 10. The number of benzene rings is 2. The number of imide groups is 1. The number of hydrogen-bond donors (Lipinski definition) is 8. The van der Waals surface area contributed by atoms with Gasteiger partial charge in [0, 0.05) is 70.1 Å². The molecule has 27 heteroatoms. The number of hydrogen-bond acceptors (Lipinski definition) is 17. The number of fused-ring (bicyclic) bond motifs is 5. The third-order valence-corrected chi connectivity index (χ3v) is 15.4. The molecule has 2 aromatic rings. The zero-order valence-corrected chi connectivity index (χ0v) is 49.3. The first-order valence-corrected chi connectivity index (χ1v) is 28.0. The smallest absolute Gasteiger partial charge is 0.412 e. The Balaban J connectivity index is 1.15. The summed E-state index contributed by atoms with van der Waals surface area (Å²) in [5.74, 6) is -5.15. The van der Waals surface area contributed by atoms with Crippen molar-refractivity contribution < 1.29 is 81.6 Å². The summed E-state index contributed by atoms with van der Waals surface area (Å²) in [6.07, 6.45) is -0.589. The molecule has 0 unspecified atom stereocenters. The molecule has 458 valence electrons. The lowest BCUT2D eigenvalue weighted by molar-refractivity contribution is -0.197. The van der Waals surface area contributed by atoms with Gasteiger partial charge in [0.05, 0.1) is 25.3 Å². The lowest BCUT2D eigenvalue weighted by Gasteiger charge is -2.42. The van der Waals surface area contributed by atoms with E-state index in [1.54, 1.807) is 65.0 Å². The Morgan fingerprint density at radius 2 is 1.64 bits per heavy atom. The van der Waals surface area contributed by atoms with Gasteiger partial charge in [-0.2, -0.15) is 0 Å². The summed E-state index contributed by atoms with van der Waals surface area (Å²) >= 11 is 6.83. The largest absolute Gasteiger partial charge is 0.495 e. The number of urea groups is 1. The van der Waals surface area contributed by atoms with Crippen molar-refractivity contribution in [3.05, 3.63) is 70.3 Å². The van der Waals surface area contributed by atoms with E-state index in [0.717, 1.165) is 11.1 Å². The highest BCUT2D eigenvalue weighted by Gasteiger charge is 2.64. The van der Waals surface area contributed by atoms with Crippen LogP contribution in [0, 0.1) is 18.8 Å². The Hall–Kier alpha value is -7.81. The molecule has 84 heavy (non-hydrogen) atoms. The first-order valence-electron chi connectivity index (χ1n) is 27.6. The zero-order chi connectivity index (χ0) is 61.8. The number of nitrogens with one attached hydrogen (secondary N) is 6. The predicted octanol–water partition coefficient (Wildman–Crippen LogP) is 4.86. The number of epoxide rings is 1. The van der Waals surface area contributed by atoms with Crippen molar-refractivity contribution in [1.29, 1.82) is 0 Å². The molecular formula is C57H76ClN9O17. The number of aliphatic hydroxyl groups is 1. The number of hydroxylamine groups is 2. The van der Waals surface area contributed by atoms with Gasteiger partial charge in [-0.3, -0.25) is 39.4 Å². The fourth-order valence-corrected chi connectivity index (χ4v) is 10.5. The molecule has 9 N–H and O–H groups in total. The van der Waals surface area contributed by atoms with Crippen LogP contribution in [0.3, 0.4) is 0 Å². The number of nitrogens with two attached hydrogens (primary N) is 1. The second kappa shape index (κ2) is 28.6. The molecule has 26 nitrogen and oxygen atoms in total. The second-order valence-electron chi connectivity index (χ2n) is 21.9. The summed E-state index contributed by atoms with van der Waals surface area (Å²) in [4.78, 5) is 136. The van der Waals surface area contributed by atoms with E-state index in [4.69, 9.17) is 45.9 Å². The average molecular weight is 1190 g/mol. The first kappa shape index (κ1) is 65.3. The van der Waals surface area contributed by atoms with Gasteiger partial charge in [-0.15, -0.1) is 5.06 Å². The van der Waals surface area contributed by atoms with E-state index in [2.05, 4.69) is 31.9 Å². The summed E-state index contributed by atoms with van der Waals surface area (Å²) in [5.41, 5.74) is 4.91. The van der Waals surface area contributed by atoms with Gasteiger partial charge in [-0.1, -0.05) is 56.2 Å². The van der Waals surface area contributed by atoms with Crippen LogP contribution in [0.25, 0.3) is 0 Å². The monoisotopic (exact) mass is 1190 g/mol. The molecule has 9 atom stereocenters. The van der Waals surface area contributed by atoms with Crippen LogP contribution in [0.4, 0.5) is 31.4 Å². The second-order valence-corrected chi connectivity index (χ2v) is 22.2. The highest BCUT2D eigenvalue weighted by atomic mass is 35.5.